The van der Waals surface area contributed by atoms with Crippen molar-refractivity contribution in [3.63, 3.8) is 0 Å². The van der Waals surface area contributed by atoms with Gasteiger partial charge in [-0.05, 0) is 43.4 Å². The Balaban J connectivity index is 2.00. The zero-order valence-corrected chi connectivity index (χ0v) is 11.4. The fourth-order valence-corrected chi connectivity index (χ4v) is 3.08. The Morgan fingerprint density at radius 1 is 1.50 bits per heavy atom. The highest BCUT2D eigenvalue weighted by Gasteiger charge is 2.14. The van der Waals surface area contributed by atoms with E-state index < -0.39 is 0 Å². The molecule has 1 aromatic heterocycles. The minimum Gasteiger partial charge on any atom is -0.382 e. The van der Waals surface area contributed by atoms with Crippen LogP contribution in [-0.2, 0) is 0 Å². The van der Waals surface area contributed by atoms with E-state index in [4.69, 9.17) is 0 Å². The minimum atomic E-state index is -0.111. The Morgan fingerprint density at radius 2 is 2.28 bits per heavy atom. The maximum absolute atomic E-state index is 11.7. The van der Waals surface area contributed by atoms with Crippen LogP contribution in [0.5, 0.6) is 0 Å². The average molecular weight is 265 g/mol. The van der Waals surface area contributed by atoms with Crippen molar-refractivity contribution in [3.05, 3.63) is 24.0 Å². The monoisotopic (exact) mass is 265 g/mol. The molecule has 5 heteroatoms. The van der Waals surface area contributed by atoms with Crippen LogP contribution in [0.3, 0.4) is 0 Å². The molecular formula is C13H19N3OS. The molecule has 2 rings (SSSR count). The van der Waals surface area contributed by atoms with Crippen LogP contribution in [0.4, 0.5) is 5.69 Å². The van der Waals surface area contributed by atoms with Gasteiger partial charge in [0.1, 0.15) is 5.69 Å². The first-order chi connectivity index (χ1) is 8.79. The van der Waals surface area contributed by atoms with Gasteiger partial charge in [0.25, 0.3) is 5.91 Å². The molecule has 2 heterocycles. The summed E-state index contributed by atoms with van der Waals surface area (Å²) < 4.78 is 0. The summed E-state index contributed by atoms with van der Waals surface area (Å²) in [6.07, 6.45) is 4.05. The fraction of sp³-hybridized carbons (Fsp3) is 0.538. The van der Waals surface area contributed by atoms with E-state index in [0.29, 0.717) is 18.3 Å². The van der Waals surface area contributed by atoms with Crippen LogP contribution < -0.4 is 10.6 Å². The SMILES string of the molecule is CCNC(=O)c1cc(NC2CCSCC2)ccn1. The number of nitrogens with one attached hydrogen (secondary N) is 2. The van der Waals surface area contributed by atoms with Gasteiger partial charge in [-0.15, -0.1) is 0 Å². The smallest absolute Gasteiger partial charge is 0.269 e. The van der Waals surface area contributed by atoms with Crippen LogP contribution in [-0.4, -0.2) is 35.0 Å². The molecule has 0 atom stereocenters. The maximum Gasteiger partial charge on any atom is 0.269 e. The lowest BCUT2D eigenvalue weighted by Crippen LogP contribution is -2.26. The van der Waals surface area contributed by atoms with Gasteiger partial charge >= 0.3 is 0 Å². The second-order valence-electron chi connectivity index (χ2n) is 4.32. The topological polar surface area (TPSA) is 54.0 Å². The van der Waals surface area contributed by atoms with Crippen molar-refractivity contribution in [3.8, 4) is 0 Å². The summed E-state index contributed by atoms with van der Waals surface area (Å²) in [6.45, 7) is 2.53. The number of anilines is 1. The van der Waals surface area contributed by atoms with Crippen LogP contribution in [0.2, 0.25) is 0 Å². The summed E-state index contributed by atoms with van der Waals surface area (Å²) in [7, 11) is 0. The molecular weight excluding hydrogens is 246 g/mol. The molecule has 1 amide bonds. The quantitative estimate of drug-likeness (QED) is 0.876. The van der Waals surface area contributed by atoms with E-state index in [9.17, 15) is 4.79 Å². The number of pyridine rings is 1. The van der Waals surface area contributed by atoms with Crippen molar-refractivity contribution < 1.29 is 4.79 Å². The number of rotatable bonds is 4. The van der Waals surface area contributed by atoms with E-state index >= 15 is 0 Å². The van der Waals surface area contributed by atoms with Crippen molar-refractivity contribution in [1.29, 1.82) is 0 Å². The Bertz CT molecular complexity index is 405. The maximum atomic E-state index is 11.7. The van der Waals surface area contributed by atoms with Crippen LogP contribution in [0.15, 0.2) is 18.3 Å². The number of carbonyl (C=O) groups is 1. The van der Waals surface area contributed by atoms with Crippen LogP contribution in [0, 0.1) is 0 Å². The molecule has 4 nitrogen and oxygen atoms in total. The molecule has 1 aromatic rings. The third-order valence-corrected chi connectivity index (χ3v) is 3.97. The minimum absolute atomic E-state index is 0.111. The number of amides is 1. The molecule has 0 bridgehead atoms. The van der Waals surface area contributed by atoms with Gasteiger partial charge in [-0.3, -0.25) is 9.78 Å². The molecule has 0 unspecified atom stereocenters. The lowest BCUT2D eigenvalue weighted by molar-refractivity contribution is 0.0951. The standard InChI is InChI=1S/C13H19N3OS/c1-2-14-13(17)12-9-11(3-6-15-12)16-10-4-7-18-8-5-10/h3,6,9-10H,2,4-5,7-8H2,1H3,(H,14,17)(H,15,16). The third-order valence-electron chi connectivity index (χ3n) is 2.92. The van der Waals surface area contributed by atoms with Crippen molar-refractivity contribution in [1.82, 2.24) is 10.3 Å². The summed E-state index contributed by atoms with van der Waals surface area (Å²) in [4.78, 5) is 15.8. The molecule has 0 aliphatic carbocycles. The lowest BCUT2D eigenvalue weighted by atomic mass is 10.1. The van der Waals surface area contributed by atoms with Gasteiger partial charge in [-0.1, -0.05) is 0 Å². The van der Waals surface area contributed by atoms with Gasteiger partial charge in [0, 0.05) is 24.5 Å². The highest BCUT2D eigenvalue weighted by molar-refractivity contribution is 7.99. The fourth-order valence-electron chi connectivity index (χ4n) is 1.97. The zero-order chi connectivity index (χ0) is 12.8. The second-order valence-corrected chi connectivity index (χ2v) is 5.54. The summed E-state index contributed by atoms with van der Waals surface area (Å²) in [5.74, 6) is 2.32. The Labute approximate surface area is 112 Å². The van der Waals surface area contributed by atoms with Gasteiger partial charge in [0.2, 0.25) is 0 Å². The first kappa shape index (κ1) is 13.2. The van der Waals surface area contributed by atoms with Crippen LogP contribution >= 0.6 is 11.8 Å². The molecule has 0 spiro atoms. The molecule has 1 saturated heterocycles. The van der Waals surface area contributed by atoms with Gasteiger partial charge in [-0.2, -0.15) is 11.8 Å². The van der Waals surface area contributed by atoms with Gasteiger partial charge in [0.05, 0.1) is 0 Å². The van der Waals surface area contributed by atoms with E-state index in [1.54, 1.807) is 6.20 Å². The van der Waals surface area contributed by atoms with E-state index in [0.717, 1.165) is 5.69 Å². The number of nitrogens with zero attached hydrogens (tertiary/aromatic N) is 1. The second kappa shape index (κ2) is 6.64. The van der Waals surface area contributed by atoms with E-state index in [-0.39, 0.29) is 5.91 Å². The summed E-state index contributed by atoms with van der Waals surface area (Å²) >= 11 is 2.01. The highest BCUT2D eigenvalue weighted by Crippen LogP contribution is 2.21. The summed E-state index contributed by atoms with van der Waals surface area (Å²) in [5, 5.41) is 6.25. The van der Waals surface area contributed by atoms with Crippen molar-refractivity contribution >= 4 is 23.4 Å². The molecule has 0 radical (unpaired) electrons. The predicted octanol–water partition coefficient (Wildman–Crippen LogP) is 2.14. The van der Waals surface area contributed by atoms with Crippen molar-refractivity contribution in [2.24, 2.45) is 0 Å². The summed E-state index contributed by atoms with van der Waals surface area (Å²) in [5.41, 5.74) is 1.47. The van der Waals surface area contributed by atoms with Crippen molar-refractivity contribution in [2.75, 3.05) is 23.4 Å². The van der Waals surface area contributed by atoms with Crippen LogP contribution in [0.1, 0.15) is 30.3 Å². The molecule has 98 valence electrons. The van der Waals surface area contributed by atoms with Crippen molar-refractivity contribution in [2.45, 2.75) is 25.8 Å². The number of carbonyl (C=O) groups excluding carboxylic acids is 1. The first-order valence-electron chi connectivity index (χ1n) is 6.38. The first-order valence-corrected chi connectivity index (χ1v) is 7.53. The largest absolute Gasteiger partial charge is 0.382 e. The zero-order valence-electron chi connectivity index (χ0n) is 10.6. The Hall–Kier alpha value is -1.23. The predicted molar refractivity (Wildman–Crippen MR) is 76.2 cm³/mol. The highest BCUT2D eigenvalue weighted by atomic mass is 32.2. The third kappa shape index (κ3) is 3.63. The van der Waals surface area contributed by atoms with Gasteiger partial charge in [-0.25, -0.2) is 0 Å². The van der Waals surface area contributed by atoms with Gasteiger partial charge < -0.3 is 10.6 Å². The van der Waals surface area contributed by atoms with E-state index in [1.165, 1.54) is 24.3 Å². The average Bonchev–Trinajstić information content (AvgIpc) is 2.40. The molecule has 1 aliphatic rings. The number of hydrogen-bond donors (Lipinski definition) is 2. The molecule has 1 aliphatic heterocycles. The van der Waals surface area contributed by atoms with E-state index in [1.807, 2.05) is 30.8 Å². The van der Waals surface area contributed by atoms with Crippen LogP contribution in [0.25, 0.3) is 0 Å². The number of thioether (sulfide) groups is 1. The molecule has 0 saturated carbocycles. The van der Waals surface area contributed by atoms with E-state index in [2.05, 4.69) is 15.6 Å². The van der Waals surface area contributed by atoms with Gasteiger partial charge in [0.15, 0.2) is 0 Å². The molecule has 1 fully saturated rings. The number of aromatic nitrogens is 1. The summed E-state index contributed by atoms with van der Waals surface area (Å²) in [6, 6.07) is 4.27. The Kier molecular flexibility index (Phi) is 4.87. The normalized spacial score (nSPS) is 16.3. The molecule has 2 N–H and O–H groups in total. The Morgan fingerprint density at radius 3 is 3.00 bits per heavy atom. The lowest BCUT2D eigenvalue weighted by Gasteiger charge is -2.23. The molecule has 18 heavy (non-hydrogen) atoms. The molecule has 0 aromatic carbocycles. The number of hydrogen-bond acceptors (Lipinski definition) is 4.